The molecule has 6 aromatic rings. The molecule has 0 aliphatic heterocycles. The number of rotatable bonds is 4. The van der Waals surface area contributed by atoms with Crippen LogP contribution in [0.4, 0.5) is 4.39 Å². The molecule has 6 rings (SSSR count). The number of nitrogens with zero attached hydrogens (tertiary/aromatic N) is 5. The molecule has 3 heterocycles. The largest absolute Gasteiger partial charge is 0.342 e. The lowest BCUT2D eigenvalue weighted by molar-refractivity contribution is 0.624. The first-order valence-electron chi connectivity index (χ1n) is 11.3. The number of benzene rings is 3. The van der Waals surface area contributed by atoms with Crippen LogP contribution >= 0.6 is 0 Å². The molecule has 0 amide bonds. The number of nitriles is 1. The van der Waals surface area contributed by atoms with E-state index in [1.54, 1.807) is 6.07 Å². The van der Waals surface area contributed by atoms with Crippen LogP contribution in [-0.4, -0.2) is 19.3 Å². The Bertz CT molecular complexity index is 1760. The Hall–Kier alpha value is -4.76. The van der Waals surface area contributed by atoms with E-state index in [-0.39, 0.29) is 5.56 Å². The van der Waals surface area contributed by atoms with Gasteiger partial charge in [0.2, 0.25) is 0 Å². The molecule has 5 nitrogen and oxygen atoms in total. The summed E-state index contributed by atoms with van der Waals surface area (Å²) in [6.45, 7) is 0.703. The quantitative estimate of drug-likeness (QED) is 0.311. The van der Waals surface area contributed by atoms with Gasteiger partial charge in [0.05, 0.1) is 34.7 Å². The predicted octanol–water partition coefficient (Wildman–Crippen LogP) is 6.32. The van der Waals surface area contributed by atoms with E-state index in [4.69, 9.17) is 4.98 Å². The first-order chi connectivity index (χ1) is 17.1. The Morgan fingerprint density at radius 2 is 1.74 bits per heavy atom. The van der Waals surface area contributed by atoms with E-state index in [0.717, 1.165) is 38.6 Å². The van der Waals surface area contributed by atoms with Gasteiger partial charge in [-0.2, -0.15) is 10.4 Å². The zero-order valence-corrected chi connectivity index (χ0v) is 19.0. The van der Waals surface area contributed by atoms with E-state index in [2.05, 4.69) is 33.9 Å². The number of hydrogen-bond acceptors (Lipinski definition) is 3. The maximum Gasteiger partial charge on any atom is 0.141 e. The number of hydrogen-bond donors (Lipinski definition) is 0. The number of aromatic nitrogens is 4. The highest BCUT2D eigenvalue weighted by molar-refractivity contribution is 6.02. The normalized spacial score (nSPS) is 11.2. The minimum Gasteiger partial charge on any atom is -0.342 e. The SMILES string of the molecule is Cn1ncc2cc(-c3ncc4c(ccn4Cc4ccccc4)c3-c3ccc(C#N)c(F)c3)ccc21. The first kappa shape index (κ1) is 20.8. The van der Waals surface area contributed by atoms with Crippen molar-refractivity contribution in [3.8, 4) is 28.5 Å². The van der Waals surface area contributed by atoms with Gasteiger partial charge in [-0.15, -0.1) is 0 Å². The summed E-state index contributed by atoms with van der Waals surface area (Å²) in [4.78, 5) is 4.88. The highest BCUT2D eigenvalue weighted by Crippen LogP contribution is 2.38. The maximum atomic E-state index is 14.7. The third kappa shape index (κ3) is 3.54. The Kier molecular flexibility index (Phi) is 4.89. The van der Waals surface area contributed by atoms with Crippen LogP contribution in [0.25, 0.3) is 44.2 Å². The summed E-state index contributed by atoms with van der Waals surface area (Å²) in [5.74, 6) is -0.542. The zero-order chi connectivity index (χ0) is 23.9. The van der Waals surface area contributed by atoms with Crippen LogP contribution in [0.3, 0.4) is 0 Å². The molecule has 3 aromatic heterocycles. The third-order valence-corrected chi connectivity index (χ3v) is 6.42. The highest BCUT2D eigenvalue weighted by Gasteiger charge is 2.18. The summed E-state index contributed by atoms with van der Waals surface area (Å²) >= 11 is 0. The van der Waals surface area contributed by atoms with Crippen molar-refractivity contribution in [3.63, 3.8) is 0 Å². The number of halogens is 1. The molecule has 0 atom stereocenters. The second-order valence-corrected chi connectivity index (χ2v) is 8.56. The van der Waals surface area contributed by atoms with E-state index in [1.165, 1.54) is 17.7 Å². The number of pyridine rings is 1. The topological polar surface area (TPSA) is 59.4 Å². The Labute approximate surface area is 201 Å². The summed E-state index contributed by atoms with van der Waals surface area (Å²) in [5.41, 5.74) is 6.37. The second-order valence-electron chi connectivity index (χ2n) is 8.56. The minimum absolute atomic E-state index is 0.0221. The summed E-state index contributed by atoms with van der Waals surface area (Å²) in [6.07, 6.45) is 5.75. The molecule has 0 bridgehead atoms. The molecule has 35 heavy (non-hydrogen) atoms. The molecular weight excluding hydrogens is 437 g/mol. The molecular formula is C29H20FN5. The van der Waals surface area contributed by atoms with Crippen molar-refractivity contribution in [2.45, 2.75) is 6.54 Å². The molecule has 0 aliphatic carbocycles. The van der Waals surface area contributed by atoms with Crippen molar-refractivity contribution >= 4 is 21.8 Å². The molecule has 0 unspecified atom stereocenters. The van der Waals surface area contributed by atoms with Crippen molar-refractivity contribution in [2.75, 3.05) is 0 Å². The van der Waals surface area contributed by atoms with Gasteiger partial charge in [-0.25, -0.2) is 4.39 Å². The van der Waals surface area contributed by atoms with Gasteiger partial charge >= 0.3 is 0 Å². The molecule has 6 heteroatoms. The monoisotopic (exact) mass is 457 g/mol. The van der Waals surface area contributed by atoms with Gasteiger partial charge in [-0.3, -0.25) is 9.67 Å². The van der Waals surface area contributed by atoms with E-state index in [9.17, 15) is 9.65 Å². The summed E-state index contributed by atoms with van der Waals surface area (Å²) in [5, 5.41) is 15.5. The summed E-state index contributed by atoms with van der Waals surface area (Å²) in [6, 6.07) is 25.0. The van der Waals surface area contributed by atoms with Gasteiger partial charge in [-0.05, 0) is 41.5 Å². The van der Waals surface area contributed by atoms with Gasteiger partial charge in [0.1, 0.15) is 11.9 Å². The average molecular weight is 458 g/mol. The van der Waals surface area contributed by atoms with Crippen molar-refractivity contribution in [3.05, 3.63) is 108 Å². The lowest BCUT2D eigenvalue weighted by Crippen LogP contribution is -1.99. The number of aryl methyl sites for hydroxylation is 1. The molecule has 0 fully saturated rings. The fourth-order valence-electron chi connectivity index (χ4n) is 4.66. The third-order valence-electron chi connectivity index (χ3n) is 6.42. The second kappa shape index (κ2) is 8.23. The van der Waals surface area contributed by atoms with Crippen LogP contribution < -0.4 is 0 Å². The maximum absolute atomic E-state index is 14.7. The van der Waals surface area contributed by atoms with E-state index < -0.39 is 5.82 Å². The lowest BCUT2D eigenvalue weighted by Gasteiger charge is -2.13. The van der Waals surface area contributed by atoms with Gasteiger partial charge in [0, 0.05) is 41.7 Å². The first-order valence-corrected chi connectivity index (χ1v) is 11.3. The molecule has 0 saturated carbocycles. The highest BCUT2D eigenvalue weighted by atomic mass is 19.1. The van der Waals surface area contributed by atoms with Gasteiger partial charge in [0.15, 0.2) is 0 Å². The standard InChI is InChI=1S/C29H20FN5/c1-34-26-10-9-21(13-23(26)16-33-34)29-28(20-7-8-22(15-31)25(30)14-20)24-11-12-35(27(24)17-32-29)18-19-5-3-2-4-6-19/h2-14,16-17H,18H2,1H3. The molecule has 0 saturated heterocycles. The number of fused-ring (bicyclic) bond motifs is 2. The minimum atomic E-state index is -0.542. The van der Waals surface area contributed by atoms with Crippen molar-refractivity contribution in [1.29, 1.82) is 5.26 Å². The molecule has 0 N–H and O–H groups in total. The fourth-order valence-corrected chi connectivity index (χ4v) is 4.66. The Balaban J connectivity index is 1.58. The smallest absolute Gasteiger partial charge is 0.141 e. The lowest BCUT2D eigenvalue weighted by atomic mass is 9.95. The molecule has 0 spiro atoms. The molecule has 168 valence electrons. The van der Waals surface area contributed by atoms with Crippen molar-refractivity contribution in [2.24, 2.45) is 7.05 Å². The summed E-state index contributed by atoms with van der Waals surface area (Å²) < 4.78 is 18.7. The van der Waals surface area contributed by atoms with E-state index in [0.29, 0.717) is 12.1 Å². The van der Waals surface area contributed by atoms with Crippen molar-refractivity contribution < 1.29 is 4.39 Å². The molecule has 0 radical (unpaired) electrons. The predicted molar refractivity (Wildman–Crippen MR) is 135 cm³/mol. The van der Waals surface area contributed by atoms with E-state index in [1.807, 2.05) is 66.7 Å². The van der Waals surface area contributed by atoms with E-state index >= 15 is 0 Å². The van der Waals surface area contributed by atoms with Crippen LogP contribution in [0.5, 0.6) is 0 Å². The molecule has 3 aromatic carbocycles. The Morgan fingerprint density at radius 3 is 2.54 bits per heavy atom. The zero-order valence-electron chi connectivity index (χ0n) is 19.0. The Morgan fingerprint density at radius 1 is 0.914 bits per heavy atom. The van der Waals surface area contributed by atoms with Crippen molar-refractivity contribution in [1.82, 2.24) is 19.3 Å². The summed E-state index contributed by atoms with van der Waals surface area (Å²) in [7, 11) is 1.91. The molecule has 0 aliphatic rings. The van der Waals surface area contributed by atoms with Crippen LogP contribution in [0.15, 0.2) is 91.4 Å². The van der Waals surface area contributed by atoms with Gasteiger partial charge < -0.3 is 4.57 Å². The van der Waals surface area contributed by atoms with Gasteiger partial charge in [-0.1, -0.05) is 42.5 Å². The van der Waals surface area contributed by atoms with Crippen LogP contribution in [0, 0.1) is 17.1 Å². The fraction of sp³-hybridized carbons (Fsp3) is 0.0690. The van der Waals surface area contributed by atoms with Gasteiger partial charge in [0.25, 0.3) is 0 Å². The van der Waals surface area contributed by atoms with Crippen LogP contribution in [-0.2, 0) is 13.6 Å². The van der Waals surface area contributed by atoms with Crippen LogP contribution in [0.2, 0.25) is 0 Å². The average Bonchev–Trinajstić information content (AvgIpc) is 3.47. The van der Waals surface area contributed by atoms with Crippen LogP contribution in [0.1, 0.15) is 11.1 Å².